The van der Waals surface area contributed by atoms with Crippen LogP contribution in [0.2, 0.25) is 0 Å². The van der Waals surface area contributed by atoms with Crippen molar-refractivity contribution >= 4 is 17.2 Å². The van der Waals surface area contributed by atoms with Crippen molar-refractivity contribution in [1.29, 1.82) is 0 Å². The van der Waals surface area contributed by atoms with E-state index in [2.05, 4.69) is 10.2 Å². The van der Waals surface area contributed by atoms with Gasteiger partial charge in [0.25, 0.3) is 0 Å². The topological polar surface area (TPSA) is 41.1 Å². The summed E-state index contributed by atoms with van der Waals surface area (Å²) in [5, 5.41) is 8.10. The van der Waals surface area contributed by atoms with Gasteiger partial charge in [-0.05, 0) is 13.0 Å². The zero-order valence-corrected chi connectivity index (χ0v) is 7.89. The number of aromatic nitrogens is 2. The first-order valence-corrected chi connectivity index (χ1v) is 4.07. The molecule has 0 aliphatic carbocycles. The van der Waals surface area contributed by atoms with E-state index in [9.17, 15) is 0 Å². The normalized spacial score (nSPS) is 9.83. The van der Waals surface area contributed by atoms with Gasteiger partial charge < -0.3 is 0 Å². The van der Waals surface area contributed by atoms with E-state index in [-0.39, 0.29) is 0 Å². The van der Waals surface area contributed by atoms with E-state index in [0.29, 0.717) is 11.6 Å². The second-order valence-corrected chi connectivity index (χ2v) is 2.58. The van der Waals surface area contributed by atoms with Gasteiger partial charge >= 0.3 is 0 Å². The molecule has 1 N–H and O–H groups in total. The van der Waals surface area contributed by atoms with Gasteiger partial charge in [0, 0.05) is 13.2 Å². The van der Waals surface area contributed by atoms with Crippen LogP contribution in [0, 0.1) is 0 Å². The highest BCUT2D eigenvalue weighted by Crippen LogP contribution is 2.00. The second kappa shape index (κ2) is 4.18. The number of H-pyrrole nitrogens is 1. The molecule has 0 atom stereocenters. The summed E-state index contributed by atoms with van der Waals surface area (Å²) >= 11 is 5.09. The molecule has 0 aliphatic rings. The Balaban J connectivity index is 2.59. The average Bonchev–Trinajstić information content (AvgIpc) is 2.55. The summed E-state index contributed by atoms with van der Waals surface area (Å²) in [6.07, 6.45) is 1.65. The average molecular weight is 185 g/mol. The van der Waals surface area contributed by atoms with Crippen molar-refractivity contribution in [3.05, 3.63) is 18.0 Å². The van der Waals surface area contributed by atoms with Gasteiger partial charge in [-0.15, -0.1) is 0 Å². The molecule has 0 aliphatic heterocycles. The molecule has 0 fully saturated rings. The Morgan fingerprint density at radius 1 is 1.83 bits per heavy atom. The number of rotatable bonds is 3. The van der Waals surface area contributed by atoms with Crippen LogP contribution in [0.15, 0.2) is 12.3 Å². The number of thiocarbonyl (C=S) groups is 1. The zero-order chi connectivity index (χ0) is 8.97. The monoisotopic (exact) mass is 185 g/mol. The lowest BCUT2D eigenvalue weighted by Crippen LogP contribution is -2.26. The highest BCUT2D eigenvalue weighted by molar-refractivity contribution is 7.80. The molecule has 1 aromatic rings. The van der Waals surface area contributed by atoms with E-state index in [1.54, 1.807) is 24.4 Å². The van der Waals surface area contributed by atoms with Crippen LogP contribution in [0.3, 0.4) is 0 Å². The third-order valence-corrected chi connectivity index (χ3v) is 1.82. The molecule has 1 rings (SSSR count). The predicted molar refractivity (Wildman–Crippen MR) is 49.7 cm³/mol. The molecular weight excluding hydrogens is 174 g/mol. The molecule has 0 radical (unpaired) electrons. The third kappa shape index (κ3) is 2.02. The van der Waals surface area contributed by atoms with Gasteiger partial charge in [0.1, 0.15) is 0 Å². The van der Waals surface area contributed by atoms with E-state index in [4.69, 9.17) is 17.1 Å². The van der Waals surface area contributed by atoms with Gasteiger partial charge in [0.2, 0.25) is 0 Å². The molecular formula is C7H11N3OS. The minimum atomic E-state index is 0.602. The van der Waals surface area contributed by atoms with Crippen LogP contribution >= 0.6 is 12.2 Å². The molecule has 0 amide bonds. The van der Waals surface area contributed by atoms with Crippen molar-refractivity contribution in [1.82, 2.24) is 15.3 Å². The van der Waals surface area contributed by atoms with Crippen molar-refractivity contribution < 1.29 is 4.84 Å². The molecule has 4 nitrogen and oxygen atoms in total. The van der Waals surface area contributed by atoms with Gasteiger partial charge in [0.05, 0.1) is 12.3 Å². The lowest BCUT2D eigenvalue weighted by atomic mass is 10.4. The van der Waals surface area contributed by atoms with Crippen molar-refractivity contribution in [2.75, 3.05) is 13.7 Å². The highest BCUT2D eigenvalue weighted by Gasteiger charge is 2.07. The summed E-state index contributed by atoms with van der Waals surface area (Å²) < 4.78 is 0. The van der Waals surface area contributed by atoms with Crippen LogP contribution in [0.4, 0.5) is 0 Å². The van der Waals surface area contributed by atoms with Crippen LogP contribution in [0.25, 0.3) is 0 Å². The van der Waals surface area contributed by atoms with Gasteiger partial charge in [-0.1, -0.05) is 12.2 Å². The number of hydrogen-bond donors (Lipinski definition) is 1. The molecule has 5 heteroatoms. The van der Waals surface area contributed by atoms with Crippen LogP contribution < -0.4 is 0 Å². The molecule has 0 saturated carbocycles. The molecule has 66 valence electrons. The molecule has 0 aromatic carbocycles. The maximum atomic E-state index is 5.17. The van der Waals surface area contributed by atoms with E-state index in [1.807, 2.05) is 6.92 Å². The van der Waals surface area contributed by atoms with E-state index >= 15 is 0 Å². The first kappa shape index (κ1) is 9.15. The molecule has 0 saturated heterocycles. The molecule has 0 unspecified atom stereocenters. The van der Waals surface area contributed by atoms with Gasteiger partial charge in [-0.25, -0.2) is 5.06 Å². The minimum Gasteiger partial charge on any atom is -0.275 e. The molecule has 0 bridgehead atoms. The van der Waals surface area contributed by atoms with Crippen molar-refractivity contribution in [2.24, 2.45) is 0 Å². The number of nitrogens with zero attached hydrogens (tertiary/aromatic N) is 2. The van der Waals surface area contributed by atoms with E-state index < -0.39 is 0 Å². The van der Waals surface area contributed by atoms with Crippen LogP contribution in [0.5, 0.6) is 0 Å². The summed E-state index contributed by atoms with van der Waals surface area (Å²) in [5.41, 5.74) is 0.793. The lowest BCUT2D eigenvalue weighted by molar-refractivity contribution is -0.0700. The summed E-state index contributed by atoms with van der Waals surface area (Å²) in [5.74, 6) is 0. The Morgan fingerprint density at radius 3 is 3.08 bits per heavy atom. The summed E-state index contributed by atoms with van der Waals surface area (Å²) in [7, 11) is 1.77. The number of hydroxylamine groups is 2. The van der Waals surface area contributed by atoms with Crippen LogP contribution in [-0.2, 0) is 4.84 Å². The second-order valence-electron chi connectivity index (χ2n) is 2.19. The fourth-order valence-electron chi connectivity index (χ4n) is 0.797. The van der Waals surface area contributed by atoms with Crippen molar-refractivity contribution in [3.63, 3.8) is 0 Å². The summed E-state index contributed by atoms with van der Waals surface area (Å²) in [6.45, 7) is 2.51. The fraction of sp³-hybridized carbons (Fsp3) is 0.429. The van der Waals surface area contributed by atoms with Crippen LogP contribution in [-0.4, -0.2) is 33.9 Å². The quantitative estimate of drug-likeness (QED) is 0.562. The Labute approximate surface area is 76.5 Å². The third-order valence-electron chi connectivity index (χ3n) is 1.34. The van der Waals surface area contributed by atoms with Crippen LogP contribution in [0.1, 0.15) is 12.6 Å². The van der Waals surface area contributed by atoms with Gasteiger partial charge in [-0.3, -0.25) is 9.94 Å². The van der Waals surface area contributed by atoms with E-state index in [1.165, 1.54) is 0 Å². The smallest absolute Gasteiger partial charge is 0.151 e. The van der Waals surface area contributed by atoms with Gasteiger partial charge in [0.15, 0.2) is 4.99 Å². The summed E-state index contributed by atoms with van der Waals surface area (Å²) in [6, 6.07) is 1.80. The fourth-order valence-corrected chi connectivity index (χ4v) is 0.963. The maximum Gasteiger partial charge on any atom is 0.151 e. The Hall–Kier alpha value is -0.940. The SMILES string of the molecule is CCON(C)C(=S)c1ccn[nH]1. The highest BCUT2D eigenvalue weighted by atomic mass is 32.1. The molecule has 1 aromatic heterocycles. The maximum absolute atomic E-state index is 5.17. The minimum absolute atomic E-state index is 0.602. The number of aromatic amines is 1. The van der Waals surface area contributed by atoms with Crippen molar-refractivity contribution in [2.45, 2.75) is 6.92 Å². The molecule has 0 spiro atoms. The first-order chi connectivity index (χ1) is 5.75. The summed E-state index contributed by atoms with van der Waals surface area (Å²) in [4.78, 5) is 5.78. The number of nitrogens with one attached hydrogen (secondary N) is 1. The Kier molecular flexibility index (Phi) is 3.19. The molecule has 12 heavy (non-hydrogen) atoms. The van der Waals surface area contributed by atoms with Gasteiger partial charge in [-0.2, -0.15) is 5.10 Å². The Morgan fingerprint density at radius 2 is 2.58 bits per heavy atom. The Bertz CT molecular complexity index is 247. The molecule has 1 heterocycles. The van der Waals surface area contributed by atoms with Crippen molar-refractivity contribution in [3.8, 4) is 0 Å². The number of hydrogen-bond acceptors (Lipinski definition) is 3. The predicted octanol–water partition coefficient (Wildman–Crippen LogP) is 0.968. The standard InChI is InChI=1S/C7H11N3OS/c1-3-11-10(2)7(12)6-4-5-8-9-6/h4-5H,3H2,1-2H3,(H,8,9). The largest absolute Gasteiger partial charge is 0.275 e. The zero-order valence-electron chi connectivity index (χ0n) is 7.07. The van der Waals surface area contributed by atoms with E-state index in [0.717, 1.165) is 5.69 Å². The lowest BCUT2D eigenvalue weighted by Gasteiger charge is -2.16. The first-order valence-electron chi connectivity index (χ1n) is 3.66.